The van der Waals surface area contributed by atoms with Crippen molar-refractivity contribution in [3.05, 3.63) is 23.4 Å². The van der Waals surface area contributed by atoms with Gasteiger partial charge in [-0.2, -0.15) is 0 Å². The Morgan fingerprint density at radius 1 is 1.23 bits per heavy atom. The van der Waals surface area contributed by atoms with E-state index in [1.165, 1.54) is 25.7 Å². The van der Waals surface area contributed by atoms with E-state index in [-0.39, 0.29) is 0 Å². The molecule has 0 nitrogen and oxygen atoms in total. The molecule has 72 valence electrons. The Balaban J connectivity index is 1.96. The van der Waals surface area contributed by atoms with Gasteiger partial charge in [-0.25, -0.2) is 0 Å². The Bertz CT molecular complexity index is 221. The summed E-state index contributed by atoms with van der Waals surface area (Å²) in [6.07, 6.45) is 13.2. The smallest absolute Gasteiger partial charge is 0.0704 e. The van der Waals surface area contributed by atoms with Crippen LogP contribution in [0.1, 0.15) is 32.6 Å². The van der Waals surface area contributed by atoms with Crippen LogP contribution in [0, 0.1) is 5.92 Å². The van der Waals surface area contributed by atoms with Crippen LogP contribution < -0.4 is 0 Å². The van der Waals surface area contributed by atoms with Crippen molar-refractivity contribution in [3.63, 3.8) is 0 Å². The molecule has 1 atom stereocenters. The molecule has 0 aromatic rings. The Morgan fingerprint density at radius 3 is 2.62 bits per heavy atom. The summed E-state index contributed by atoms with van der Waals surface area (Å²) in [5.41, 5.74) is 0. The van der Waals surface area contributed by atoms with Gasteiger partial charge in [-0.15, -0.1) is 0 Å². The normalized spacial score (nSPS) is 30.2. The van der Waals surface area contributed by atoms with Gasteiger partial charge in [-0.05, 0) is 12.3 Å². The first-order valence-corrected chi connectivity index (χ1v) is 7.95. The van der Waals surface area contributed by atoms with E-state index >= 15 is 0 Å². The quantitative estimate of drug-likeness (QED) is 0.558. The third-order valence-corrected chi connectivity index (χ3v) is 7.00. The molecule has 13 heavy (non-hydrogen) atoms. The van der Waals surface area contributed by atoms with Crippen LogP contribution in [-0.2, 0) is 0 Å². The lowest BCUT2D eigenvalue weighted by Gasteiger charge is -2.23. The van der Waals surface area contributed by atoms with Crippen molar-refractivity contribution >= 4 is 8.80 Å². The number of hydrogen-bond donors (Lipinski definition) is 0. The summed E-state index contributed by atoms with van der Waals surface area (Å²) >= 11 is 0. The Kier molecular flexibility index (Phi) is 3.04. The average Bonchev–Trinajstić information content (AvgIpc) is 2.20. The lowest BCUT2D eigenvalue weighted by atomic mass is 10.0. The van der Waals surface area contributed by atoms with Crippen molar-refractivity contribution in [2.75, 3.05) is 0 Å². The Morgan fingerprint density at radius 2 is 2.00 bits per heavy atom. The molecule has 1 aliphatic carbocycles. The minimum Gasteiger partial charge on any atom is -0.0850 e. The zero-order valence-corrected chi connectivity index (χ0v) is 9.78. The molecule has 2 aliphatic rings. The second kappa shape index (κ2) is 4.27. The van der Waals surface area contributed by atoms with Gasteiger partial charge in [0, 0.05) is 0 Å². The topological polar surface area (TPSA) is 0 Å². The first-order valence-electron chi connectivity index (χ1n) is 5.74. The molecule has 0 radical (unpaired) electrons. The van der Waals surface area contributed by atoms with Gasteiger partial charge < -0.3 is 0 Å². The number of allylic oxidation sites excluding steroid dienone is 4. The van der Waals surface area contributed by atoms with E-state index in [0.717, 1.165) is 5.92 Å². The van der Waals surface area contributed by atoms with E-state index in [2.05, 4.69) is 25.2 Å². The summed E-state index contributed by atoms with van der Waals surface area (Å²) in [6, 6.07) is 3.15. The molecule has 1 unspecified atom stereocenters. The largest absolute Gasteiger partial charge is 0.0850 e. The van der Waals surface area contributed by atoms with Crippen molar-refractivity contribution in [1.82, 2.24) is 0 Å². The highest BCUT2D eigenvalue weighted by Crippen LogP contribution is 2.27. The maximum absolute atomic E-state index is 2.53. The van der Waals surface area contributed by atoms with E-state index in [4.69, 9.17) is 0 Å². The molecule has 1 aliphatic heterocycles. The molecule has 0 spiro atoms. The molecule has 2 rings (SSSR count). The molecule has 1 heterocycles. The maximum atomic E-state index is 2.53. The summed E-state index contributed by atoms with van der Waals surface area (Å²) in [6.45, 7) is 2.31. The number of rotatable bonds is 1. The van der Waals surface area contributed by atoms with E-state index in [9.17, 15) is 0 Å². The van der Waals surface area contributed by atoms with E-state index in [1.54, 1.807) is 17.3 Å². The minimum absolute atomic E-state index is 0.460. The molecule has 0 amide bonds. The van der Waals surface area contributed by atoms with Crippen molar-refractivity contribution in [2.45, 2.75) is 44.7 Å². The second-order valence-electron chi connectivity index (χ2n) is 4.61. The van der Waals surface area contributed by atoms with Crippen LogP contribution in [0.2, 0.25) is 12.1 Å². The van der Waals surface area contributed by atoms with Crippen LogP contribution in [0.15, 0.2) is 23.4 Å². The SMILES string of the molecule is CC1C=CC([SiH]2CCCCC2)=CC1. The highest BCUT2D eigenvalue weighted by molar-refractivity contribution is 6.67. The van der Waals surface area contributed by atoms with Crippen molar-refractivity contribution in [1.29, 1.82) is 0 Å². The van der Waals surface area contributed by atoms with Crippen molar-refractivity contribution < 1.29 is 0 Å². The molecule has 0 saturated carbocycles. The van der Waals surface area contributed by atoms with Crippen LogP contribution in [0.4, 0.5) is 0 Å². The molecule has 1 heteroatoms. The standard InChI is InChI=1S/C12H20Si/c1-11-5-7-12(8-6-11)13-9-3-2-4-10-13/h5,7-8,11,13H,2-4,6,9-10H2,1H3. The highest BCUT2D eigenvalue weighted by atomic mass is 28.3. The van der Waals surface area contributed by atoms with Gasteiger partial charge in [0.05, 0.1) is 8.80 Å². The van der Waals surface area contributed by atoms with Gasteiger partial charge in [0.15, 0.2) is 0 Å². The lowest BCUT2D eigenvalue weighted by molar-refractivity contribution is 0.718. The predicted molar refractivity (Wildman–Crippen MR) is 61.6 cm³/mol. The van der Waals surface area contributed by atoms with E-state index in [1.807, 2.05) is 0 Å². The summed E-state index contributed by atoms with van der Waals surface area (Å²) in [5.74, 6) is 0.793. The summed E-state index contributed by atoms with van der Waals surface area (Å²) in [5, 5.41) is 1.78. The lowest BCUT2D eigenvalue weighted by Crippen LogP contribution is -2.19. The molecule has 0 N–H and O–H groups in total. The monoisotopic (exact) mass is 192 g/mol. The molecule has 0 aromatic carbocycles. The van der Waals surface area contributed by atoms with Gasteiger partial charge in [-0.3, -0.25) is 0 Å². The molecule has 1 saturated heterocycles. The predicted octanol–water partition coefficient (Wildman–Crippen LogP) is 3.46. The third-order valence-electron chi connectivity index (χ3n) is 3.42. The fourth-order valence-corrected chi connectivity index (χ4v) is 5.85. The molecular formula is C12H20Si. The first-order chi connectivity index (χ1) is 6.36. The average molecular weight is 192 g/mol. The van der Waals surface area contributed by atoms with Gasteiger partial charge in [-0.1, -0.05) is 61.7 Å². The summed E-state index contributed by atoms with van der Waals surface area (Å²) in [7, 11) is -0.460. The molecule has 0 bridgehead atoms. The van der Waals surface area contributed by atoms with Crippen molar-refractivity contribution in [2.24, 2.45) is 5.92 Å². The van der Waals surface area contributed by atoms with Crippen LogP contribution >= 0.6 is 0 Å². The molecule has 0 aromatic heterocycles. The van der Waals surface area contributed by atoms with Gasteiger partial charge >= 0.3 is 0 Å². The fraction of sp³-hybridized carbons (Fsp3) is 0.667. The molecule has 1 fully saturated rings. The van der Waals surface area contributed by atoms with Crippen LogP contribution in [0.3, 0.4) is 0 Å². The van der Waals surface area contributed by atoms with Crippen molar-refractivity contribution in [3.8, 4) is 0 Å². The first kappa shape index (κ1) is 9.26. The van der Waals surface area contributed by atoms with E-state index < -0.39 is 8.80 Å². The maximum Gasteiger partial charge on any atom is 0.0704 e. The van der Waals surface area contributed by atoms with Crippen LogP contribution in [-0.4, -0.2) is 8.80 Å². The van der Waals surface area contributed by atoms with Gasteiger partial charge in [0.25, 0.3) is 0 Å². The number of hydrogen-bond acceptors (Lipinski definition) is 0. The van der Waals surface area contributed by atoms with E-state index in [0.29, 0.717) is 0 Å². The second-order valence-corrected chi connectivity index (χ2v) is 7.83. The Hall–Kier alpha value is -0.303. The Labute approximate surface area is 83.3 Å². The summed E-state index contributed by atoms with van der Waals surface area (Å²) < 4.78 is 0. The third kappa shape index (κ3) is 2.34. The van der Waals surface area contributed by atoms with Gasteiger partial charge in [0.2, 0.25) is 0 Å². The summed E-state index contributed by atoms with van der Waals surface area (Å²) in [4.78, 5) is 0. The fourth-order valence-electron chi connectivity index (χ4n) is 2.48. The van der Waals surface area contributed by atoms with Gasteiger partial charge in [0.1, 0.15) is 0 Å². The zero-order chi connectivity index (χ0) is 9.10. The van der Waals surface area contributed by atoms with Crippen LogP contribution in [0.25, 0.3) is 0 Å². The minimum atomic E-state index is -0.460. The highest BCUT2D eigenvalue weighted by Gasteiger charge is 2.19. The van der Waals surface area contributed by atoms with Crippen LogP contribution in [0.5, 0.6) is 0 Å². The zero-order valence-electron chi connectivity index (χ0n) is 8.63. The molecular weight excluding hydrogens is 172 g/mol.